The lowest BCUT2D eigenvalue weighted by molar-refractivity contribution is 0.178. The number of nitrogens with zero attached hydrogens (tertiary/aromatic N) is 2. The van der Waals surface area contributed by atoms with E-state index in [2.05, 4.69) is 15.0 Å². The number of hydrogen-bond donors (Lipinski definition) is 2. The van der Waals surface area contributed by atoms with E-state index < -0.39 is 0 Å². The van der Waals surface area contributed by atoms with Gasteiger partial charge in [-0.15, -0.1) is 0 Å². The normalized spacial score (nSPS) is 11.0. The van der Waals surface area contributed by atoms with E-state index in [1.165, 1.54) is 0 Å². The quantitative estimate of drug-likeness (QED) is 0.745. The lowest BCUT2D eigenvalue weighted by Gasteiger charge is -1.96. The first kappa shape index (κ1) is 9.11. The number of nitrogens with one attached hydrogen (secondary N) is 1. The van der Waals surface area contributed by atoms with Gasteiger partial charge < -0.3 is 15.5 Å². The third-order valence-corrected chi connectivity index (χ3v) is 1.97. The van der Waals surface area contributed by atoms with Gasteiger partial charge in [-0.3, -0.25) is 0 Å². The molecule has 0 spiro atoms. The molecule has 2 aromatic heterocycles. The Hall–Kier alpha value is -1.46. The van der Waals surface area contributed by atoms with Gasteiger partial charge in [0.25, 0.3) is 0 Å². The van der Waals surface area contributed by atoms with Crippen LogP contribution in [0.4, 0.5) is 0 Å². The molecule has 3 N–H and O–H groups in total. The number of nitrogens with two attached hydrogens (primary N) is 1. The van der Waals surface area contributed by atoms with E-state index in [0.29, 0.717) is 19.0 Å². The van der Waals surface area contributed by atoms with E-state index in [4.69, 9.17) is 10.5 Å². The average molecular weight is 192 g/mol. The van der Waals surface area contributed by atoms with Crippen LogP contribution in [0, 0.1) is 0 Å². The Bertz CT molecular complexity index is 437. The molecule has 74 valence electrons. The average Bonchev–Trinajstić information content (AvgIpc) is 2.60. The fourth-order valence-electron chi connectivity index (χ4n) is 1.32. The molecule has 2 heterocycles. The van der Waals surface area contributed by atoms with Crippen LogP contribution < -0.4 is 5.73 Å². The first-order valence-electron chi connectivity index (χ1n) is 4.36. The molecule has 14 heavy (non-hydrogen) atoms. The molecule has 5 heteroatoms. The zero-order chi connectivity index (χ0) is 9.97. The highest BCUT2D eigenvalue weighted by Gasteiger charge is 2.02. The van der Waals surface area contributed by atoms with E-state index in [-0.39, 0.29) is 0 Å². The van der Waals surface area contributed by atoms with Gasteiger partial charge in [0, 0.05) is 30.9 Å². The Balaban J connectivity index is 2.43. The minimum Gasteiger partial charge on any atom is -0.377 e. The number of hydrogen-bond acceptors (Lipinski definition) is 4. The Labute approximate surface area is 81.3 Å². The number of methoxy groups -OCH3 is 1. The zero-order valence-electron chi connectivity index (χ0n) is 7.95. The lowest BCUT2D eigenvalue weighted by Crippen LogP contribution is -1.97. The number of rotatable bonds is 3. The van der Waals surface area contributed by atoms with Gasteiger partial charge in [0.15, 0.2) is 5.82 Å². The summed E-state index contributed by atoms with van der Waals surface area (Å²) >= 11 is 0. The number of fused-ring (bicyclic) bond motifs is 1. The van der Waals surface area contributed by atoms with Crippen LogP contribution in [0.3, 0.4) is 0 Å². The highest BCUT2D eigenvalue weighted by Crippen LogP contribution is 2.11. The first-order chi connectivity index (χ1) is 6.83. The van der Waals surface area contributed by atoms with Gasteiger partial charge in [0.2, 0.25) is 0 Å². The summed E-state index contributed by atoms with van der Waals surface area (Å²) in [5.41, 5.74) is 7.28. The minimum absolute atomic E-state index is 0.424. The van der Waals surface area contributed by atoms with Crippen molar-refractivity contribution in [1.82, 2.24) is 15.0 Å². The van der Waals surface area contributed by atoms with Crippen LogP contribution in [0.25, 0.3) is 11.0 Å². The maximum Gasteiger partial charge on any atom is 0.156 e. The van der Waals surface area contributed by atoms with Crippen molar-refractivity contribution < 1.29 is 4.74 Å². The molecular weight excluding hydrogens is 180 g/mol. The van der Waals surface area contributed by atoms with Crippen molar-refractivity contribution in [3.05, 3.63) is 23.8 Å². The molecule has 2 rings (SSSR count). The minimum atomic E-state index is 0.424. The summed E-state index contributed by atoms with van der Waals surface area (Å²) in [5, 5.41) is 0.977. The van der Waals surface area contributed by atoms with Crippen LogP contribution >= 0.6 is 0 Å². The van der Waals surface area contributed by atoms with Crippen LogP contribution in [0.1, 0.15) is 11.5 Å². The second-order valence-electron chi connectivity index (χ2n) is 3.02. The molecule has 0 aliphatic heterocycles. The van der Waals surface area contributed by atoms with E-state index in [1.807, 2.05) is 6.07 Å². The molecule has 0 saturated carbocycles. The summed E-state index contributed by atoms with van der Waals surface area (Å²) in [6.45, 7) is 0.906. The SMILES string of the molecule is COCc1ncc2cc(CN)[nH]c2n1. The largest absolute Gasteiger partial charge is 0.377 e. The molecule has 0 aliphatic rings. The second kappa shape index (κ2) is 3.73. The summed E-state index contributed by atoms with van der Waals surface area (Å²) in [6.07, 6.45) is 1.77. The molecule has 5 nitrogen and oxygen atoms in total. The van der Waals surface area contributed by atoms with Crippen molar-refractivity contribution in [3.8, 4) is 0 Å². The van der Waals surface area contributed by atoms with E-state index >= 15 is 0 Å². The van der Waals surface area contributed by atoms with Crippen molar-refractivity contribution in [2.45, 2.75) is 13.2 Å². The van der Waals surface area contributed by atoms with E-state index in [9.17, 15) is 0 Å². The summed E-state index contributed by atoms with van der Waals surface area (Å²) in [5.74, 6) is 0.672. The van der Waals surface area contributed by atoms with Gasteiger partial charge in [0.05, 0.1) is 0 Å². The van der Waals surface area contributed by atoms with Crippen molar-refractivity contribution >= 4 is 11.0 Å². The van der Waals surface area contributed by atoms with E-state index in [1.54, 1.807) is 13.3 Å². The molecular formula is C9H12N4O. The van der Waals surface area contributed by atoms with Crippen LogP contribution in [0.5, 0.6) is 0 Å². The monoisotopic (exact) mass is 192 g/mol. The van der Waals surface area contributed by atoms with Gasteiger partial charge in [0.1, 0.15) is 12.3 Å². The highest BCUT2D eigenvalue weighted by atomic mass is 16.5. The number of ether oxygens (including phenoxy) is 1. The van der Waals surface area contributed by atoms with Crippen molar-refractivity contribution in [1.29, 1.82) is 0 Å². The Kier molecular flexibility index (Phi) is 2.43. The fourth-order valence-corrected chi connectivity index (χ4v) is 1.32. The molecule has 0 fully saturated rings. The smallest absolute Gasteiger partial charge is 0.156 e. The second-order valence-corrected chi connectivity index (χ2v) is 3.02. The topological polar surface area (TPSA) is 76.8 Å². The molecule has 0 amide bonds. The third kappa shape index (κ3) is 1.59. The van der Waals surface area contributed by atoms with Crippen LogP contribution in [0.2, 0.25) is 0 Å². The molecule has 0 saturated heterocycles. The summed E-state index contributed by atoms with van der Waals surface area (Å²) < 4.78 is 4.95. The first-order valence-corrected chi connectivity index (χ1v) is 4.36. The van der Waals surface area contributed by atoms with Crippen molar-refractivity contribution in [2.24, 2.45) is 5.73 Å². The van der Waals surface area contributed by atoms with Crippen LogP contribution in [-0.2, 0) is 17.9 Å². The van der Waals surface area contributed by atoms with Crippen LogP contribution in [0.15, 0.2) is 12.3 Å². The number of aromatic amines is 1. The molecule has 0 unspecified atom stereocenters. The van der Waals surface area contributed by atoms with Gasteiger partial charge in [-0.2, -0.15) is 0 Å². The maximum absolute atomic E-state index is 5.51. The zero-order valence-corrected chi connectivity index (χ0v) is 7.95. The summed E-state index contributed by atoms with van der Waals surface area (Å²) in [7, 11) is 1.62. The predicted molar refractivity (Wildman–Crippen MR) is 52.5 cm³/mol. The van der Waals surface area contributed by atoms with Crippen LogP contribution in [-0.4, -0.2) is 22.1 Å². The van der Waals surface area contributed by atoms with Gasteiger partial charge in [-0.1, -0.05) is 0 Å². The Morgan fingerprint density at radius 2 is 2.43 bits per heavy atom. The summed E-state index contributed by atoms with van der Waals surface area (Å²) in [6, 6.07) is 1.95. The van der Waals surface area contributed by atoms with Gasteiger partial charge in [-0.25, -0.2) is 9.97 Å². The van der Waals surface area contributed by atoms with Gasteiger partial charge >= 0.3 is 0 Å². The predicted octanol–water partition coefficient (Wildman–Crippen LogP) is 0.563. The molecule has 0 radical (unpaired) electrons. The molecule has 0 aromatic carbocycles. The van der Waals surface area contributed by atoms with Crippen molar-refractivity contribution in [3.63, 3.8) is 0 Å². The standard InChI is InChI=1S/C9H12N4O/c1-14-5-8-11-4-6-2-7(3-10)12-9(6)13-8/h2,4H,3,5,10H2,1H3,(H,11,12,13). The maximum atomic E-state index is 5.51. The van der Waals surface area contributed by atoms with E-state index in [0.717, 1.165) is 16.7 Å². The molecule has 2 aromatic rings. The fraction of sp³-hybridized carbons (Fsp3) is 0.333. The lowest BCUT2D eigenvalue weighted by atomic mass is 10.3. The van der Waals surface area contributed by atoms with Crippen molar-refractivity contribution in [2.75, 3.05) is 7.11 Å². The molecule has 0 atom stereocenters. The summed E-state index contributed by atoms with van der Waals surface area (Å²) in [4.78, 5) is 11.5. The van der Waals surface area contributed by atoms with Gasteiger partial charge in [-0.05, 0) is 6.07 Å². The molecule has 0 bridgehead atoms. The third-order valence-electron chi connectivity index (χ3n) is 1.97. The Morgan fingerprint density at radius 3 is 3.14 bits per heavy atom. The highest BCUT2D eigenvalue weighted by molar-refractivity contribution is 5.75. The molecule has 0 aliphatic carbocycles. The Morgan fingerprint density at radius 1 is 1.57 bits per heavy atom. The number of aromatic nitrogens is 3. The number of H-pyrrole nitrogens is 1.